The predicted octanol–water partition coefficient (Wildman–Crippen LogP) is 1.75. The van der Waals surface area contributed by atoms with Crippen molar-refractivity contribution in [2.75, 3.05) is 10.1 Å². The molecule has 9 nitrogen and oxygen atoms in total. The van der Waals surface area contributed by atoms with E-state index in [1.807, 2.05) is 0 Å². The van der Waals surface area contributed by atoms with E-state index in [4.69, 9.17) is 22.1 Å². The lowest BCUT2D eigenvalue weighted by atomic mass is 10.3. The summed E-state index contributed by atoms with van der Waals surface area (Å²) in [5.41, 5.74) is 2.53. The number of nitrogens with one attached hydrogen (secondary N) is 2. The van der Waals surface area contributed by atoms with E-state index in [0.29, 0.717) is 5.69 Å². The Balaban J connectivity index is 2.14. The maximum absolute atomic E-state index is 12.2. The molecule has 2 aromatic rings. The molecule has 0 spiro atoms. The Hall–Kier alpha value is -3.21. The Bertz CT molecular complexity index is 926. The van der Waals surface area contributed by atoms with Crippen LogP contribution in [0.2, 0.25) is 5.15 Å². The van der Waals surface area contributed by atoms with Crippen LogP contribution in [0.25, 0.3) is 0 Å². The number of benzene rings is 1. The fourth-order valence-electron chi connectivity index (χ4n) is 1.47. The molecule has 0 fully saturated rings. The smallest absolute Gasteiger partial charge is 0.263 e. The lowest BCUT2D eigenvalue weighted by Crippen LogP contribution is -2.14. The highest BCUT2D eigenvalue weighted by Crippen LogP contribution is 2.17. The minimum absolute atomic E-state index is 0.0189. The Morgan fingerprint density at radius 1 is 1.08 bits per heavy atom. The number of hydrogen-bond donors (Lipinski definition) is 2. The van der Waals surface area contributed by atoms with Crippen LogP contribution in [0.15, 0.2) is 46.4 Å². The van der Waals surface area contributed by atoms with Gasteiger partial charge in [-0.3, -0.25) is 10.1 Å². The number of nitrogens with zero attached hydrogens (tertiary/aromatic N) is 5. The Labute approximate surface area is 142 Å². The highest BCUT2D eigenvalue weighted by Gasteiger charge is 2.15. The molecule has 11 heteroatoms. The van der Waals surface area contributed by atoms with Crippen molar-refractivity contribution in [3.8, 4) is 12.1 Å². The molecule has 0 amide bonds. The van der Waals surface area contributed by atoms with Gasteiger partial charge in [0.25, 0.3) is 10.0 Å². The summed E-state index contributed by atoms with van der Waals surface area (Å²) in [4.78, 5) is -0.0189. The molecule has 2 rings (SSSR count). The van der Waals surface area contributed by atoms with E-state index in [0.717, 1.165) is 0 Å². The molecule has 24 heavy (non-hydrogen) atoms. The van der Waals surface area contributed by atoms with Crippen LogP contribution in [-0.2, 0) is 10.0 Å². The average molecular weight is 362 g/mol. The Morgan fingerprint density at radius 2 is 1.75 bits per heavy atom. The van der Waals surface area contributed by atoms with Gasteiger partial charge in [0, 0.05) is 0 Å². The van der Waals surface area contributed by atoms with Gasteiger partial charge in [-0.05, 0) is 36.4 Å². The van der Waals surface area contributed by atoms with Gasteiger partial charge in [-0.2, -0.15) is 15.6 Å². The lowest BCUT2D eigenvalue weighted by molar-refractivity contribution is 0.601. The van der Waals surface area contributed by atoms with E-state index in [9.17, 15) is 8.42 Å². The predicted molar refractivity (Wildman–Crippen MR) is 86.6 cm³/mol. The molecule has 0 aliphatic heterocycles. The summed E-state index contributed by atoms with van der Waals surface area (Å²) in [6.45, 7) is 0. The van der Waals surface area contributed by atoms with E-state index in [2.05, 4.69) is 25.4 Å². The van der Waals surface area contributed by atoms with Crippen molar-refractivity contribution >= 4 is 38.8 Å². The van der Waals surface area contributed by atoms with E-state index in [1.165, 1.54) is 36.4 Å². The normalized spacial score (nSPS) is 10.1. The summed E-state index contributed by atoms with van der Waals surface area (Å²) in [6.07, 6.45) is 0. The third kappa shape index (κ3) is 4.39. The number of hydrazone groups is 1. The zero-order chi connectivity index (χ0) is 17.6. The van der Waals surface area contributed by atoms with E-state index < -0.39 is 10.0 Å². The Morgan fingerprint density at radius 3 is 2.29 bits per heavy atom. The summed E-state index contributed by atoms with van der Waals surface area (Å²) in [7, 11) is -3.85. The lowest BCUT2D eigenvalue weighted by Gasteiger charge is -2.07. The van der Waals surface area contributed by atoms with Crippen molar-refractivity contribution in [3.05, 3.63) is 41.6 Å². The van der Waals surface area contributed by atoms with Gasteiger partial charge in [-0.1, -0.05) is 11.6 Å². The number of rotatable bonds is 5. The first kappa shape index (κ1) is 17.1. The van der Waals surface area contributed by atoms with Crippen LogP contribution < -0.4 is 10.1 Å². The van der Waals surface area contributed by atoms with Crippen molar-refractivity contribution in [1.82, 2.24) is 10.2 Å². The maximum atomic E-state index is 12.2. The Kier molecular flexibility index (Phi) is 5.27. The van der Waals surface area contributed by atoms with Crippen LogP contribution in [-0.4, -0.2) is 24.3 Å². The van der Waals surface area contributed by atoms with Crippen molar-refractivity contribution in [1.29, 1.82) is 10.5 Å². The minimum atomic E-state index is -3.85. The third-order valence-electron chi connectivity index (χ3n) is 2.54. The van der Waals surface area contributed by atoms with E-state index in [-0.39, 0.29) is 21.6 Å². The van der Waals surface area contributed by atoms with Crippen molar-refractivity contribution in [2.24, 2.45) is 5.10 Å². The van der Waals surface area contributed by atoms with Gasteiger partial charge in [0.2, 0.25) is 5.71 Å². The summed E-state index contributed by atoms with van der Waals surface area (Å²) in [5.74, 6) is 0.0267. The van der Waals surface area contributed by atoms with Crippen LogP contribution in [0.5, 0.6) is 0 Å². The van der Waals surface area contributed by atoms with Gasteiger partial charge < -0.3 is 0 Å². The van der Waals surface area contributed by atoms with Gasteiger partial charge in [0.05, 0.1) is 10.6 Å². The van der Waals surface area contributed by atoms with E-state index in [1.54, 1.807) is 12.1 Å². The molecule has 0 atom stereocenters. The van der Waals surface area contributed by atoms with Gasteiger partial charge in [-0.25, -0.2) is 8.42 Å². The second kappa shape index (κ2) is 7.37. The molecule has 1 aromatic heterocycles. The van der Waals surface area contributed by atoms with E-state index >= 15 is 0 Å². The fourth-order valence-corrected chi connectivity index (χ4v) is 2.57. The van der Waals surface area contributed by atoms with Gasteiger partial charge in [0.1, 0.15) is 12.1 Å². The largest absolute Gasteiger partial charge is 0.277 e. The topological polar surface area (TPSA) is 144 Å². The first-order valence-corrected chi connectivity index (χ1v) is 8.07. The minimum Gasteiger partial charge on any atom is -0.277 e. The molecule has 120 valence electrons. The maximum Gasteiger partial charge on any atom is 0.263 e. The zero-order valence-corrected chi connectivity index (χ0v) is 13.4. The molecule has 1 aromatic carbocycles. The summed E-state index contributed by atoms with van der Waals surface area (Å²) in [5, 5.41) is 28.0. The van der Waals surface area contributed by atoms with Gasteiger partial charge in [-0.15, -0.1) is 10.2 Å². The summed E-state index contributed by atoms with van der Waals surface area (Å²) in [6, 6.07) is 11.5. The highest BCUT2D eigenvalue weighted by atomic mass is 35.5. The molecule has 0 bridgehead atoms. The second-order valence-corrected chi connectivity index (χ2v) is 6.24. The second-order valence-electron chi connectivity index (χ2n) is 4.17. The molecule has 0 aliphatic carbocycles. The van der Waals surface area contributed by atoms with Crippen LogP contribution >= 0.6 is 11.6 Å². The molecular formula is C13H8ClN7O2S. The number of aromatic nitrogens is 2. The molecule has 0 aliphatic rings. The number of anilines is 2. The average Bonchev–Trinajstić information content (AvgIpc) is 2.58. The van der Waals surface area contributed by atoms with Crippen molar-refractivity contribution in [3.63, 3.8) is 0 Å². The van der Waals surface area contributed by atoms with Crippen molar-refractivity contribution < 1.29 is 8.42 Å². The molecule has 0 radical (unpaired) electrons. The van der Waals surface area contributed by atoms with Crippen LogP contribution in [0.3, 0.4) is 0 Å². The first-order valence-electron chi connectivity index (χ1n) is 6.20. The molecule has 1 heterocycles. The quantitative estimate of drug-likeness (QED) is 0.609. The summed E-state index contributed by atoms with van der Waals surface area (Å²) < 4.78 is 26.7. The fraction of sp³-hybridized carbons (Fsp3) is 0. The molecule has 0 saturated heterocycles. The van der Waals surface area contributed by atoms with Crippen LogP contribution in [0.1, 0.15) is 0 Å². The van der Waals surface area contributed by atoms with Gasteiger partial charge >= 0.3 is 0 Å². The van der Waals surface area contributed by atoms with Crippen molar-refractivity contribution in [2.45, 2.75) is 4.90 Å². The SMILES string of the molecule is N#CC(C#N)=NNc1ccc(S(=O)(=O)Nc2ccc(Cl)nn2)cc1. The number of halogens is 1. The third-order valence-corrected chi connectivity index (χ3v) is 4.12. The zero-order valence-electron chi connectivity index (χ0n) is 11.8. The summed E-state index contributed by atoms with van der Waals surface area (Å²) >= 11 is 5.58. The monoisotopic (exact) mass is 361 g/mol. The first-order chi connectivity index (χ1) is 11.4. The number of sulfonamides is 1. The number of nitriles is 2. The molecule has 0 unspecified atom stereocenters. The van der Waals surface area contributed by atoms with Crippen LogP contribution in [0, 0.1) is 22.7 Å². The van der Waals surface area contributed by atoms with Crippen LogP contribution in [0.4, 0.5) is 11.5 Å². The molecule has 0 saturated carbocycles. The number of hydrogen-bond acceptors (Lipinski definition) is 8. The standard InChI is InChI=1S/C13H8ClN7O2S/c14-12-5-6-13(20-19-12)21-24(22,23)11-3-1-9(2-4-11)17-18-10(7-15)8-16/h1-6,17H,(H,20,21). The van der Waals surface area contributed by atoms with Gasteiger partial charge in [0.15, 0.2) is 11.0 Å². The highest BCUT2D eigenvalue weighted by molar-refractivity contribution is 7.92. The molecule has 2 N–H and O–H groups in total. The molecular weight excluding hydrogens is 354 g/mol.